The van der Waals surface area contributed by atoms with E-state index in [0.717, 1.165) is 17.3 Å². The monoisotopic (exact) mass is 322 g/mol. The number of imide groups is 1. The van der Waals surface area contributed by atoms with Gasteiger partial charge in [0.15, 0.2) is 0 Å². The molecular formula is C15H18N2O4S. The number of methoxy groups -OCH3 is 1. The lowest BCUT2D eigenvalue weighted by Crippen LogP contribution is -2.35. The van der Waals surface area contributed by atoms with Crippen molar-refractivity contribution in [3.05, 3.63) is 35.4 Å². The molecule has 1 aliphatic rings. The van der Waals surface area contributed by atoms with Gasteiger partial charge in [0, 0.05) is 18.7 Å². The maximum absolute atomic E-state index is 12.1. The van der Waals surface area contributed by atoms with Crippen LogP contribution in [0, 0.1) is 0 Å². The second-order valence-corrected chi connectivity index (χ2v) is 5.99. The molecule has 1 saturated heterocycles. The van der Waals surface area contributed by atoms with Gasteiger partial charge in [0.1, 0.15) is 0 Å². The molecule has 1 aromatic rings. The number of nitrogens with zero attached hydrogens (tertiary/aromatic N) is 1. The zero-order chi connectivity index (χ0) is 16.1. The van der Waals surface area contributed by atoms with Crippen LogP contribution in [-0.4, -0.2) is 47.5 Å². The summed E-state index contributed by atoms with van der Waals surface area (Å²) in [5.74, 6) is -0.216. The lowest BCUT2D eigenvalue weighted by Gasteiger charge is -2.15. The topological polar surface area (TPSA) is 75.7 Å². The third kappa shape index (κ3) is 4.08. The maximum atomic E-state index is 12.1. The van der Waals surface area contributed by atoms with E-state index in [-0.39, 0.29) is 35.4 Å². The molecule has 1 aliphatic heterocycles. The van der Waals surface area contributed by atoms with Crippen LogP contribution >= 0.6 is 11.8 Å². The number of hydrogen-bond acceptors (Lipinski definition) is 5. The van der Waals surface area contributed by atoms with Crippen molar-refractivity contribution in [2.75, 3.05) is 19.5 Å². The molecule has 0 aliphatic carbocycles. The van der Waals surface area contributed by atoms with Gasteiger partial charge in [-0.25, -0.2) is 0 Å². The van der Waals surface area contributed by atoms with Crippen molar-refractivity contribution in [3.63, 3.8) is 0 Å². The van der Waals surface area contributed by atoms with Gasteiger partial charge in [0.2, 0.25) is 5.91 Å². The molecule has 0 saturated carbocycles. The Morgan fingerprint density at radius 1 is 1.45 bits per heavy atom. The molecule has 1 heterocycles. The highest BCUT2D eigenvalue weighted by atomic mass is 32.2. The van der Waals surface area contributed by atoms with E-state index in [4.69, 9.17) is 4.74 Å². The minimum absolute atomic E-state index is 0.0979. The summed E-state index contributed by atoms with van der Waals surface area (Å²) in [6.45, 7) is 2.48. The number of thioether (sulfide) groups is 1. The highest BCUT2D eigenvalue weighted by Crippen LogP contribution is 2.21. The summed E-state index contributed by atoms with van der Waals surface area (Å²) < 4.78 is 4.98. The first kappa shape index (κ1) is 16.5. The van der Waals surface area contributed by atoms with Gasteiger partial charge in [-0.2, -0.15) is 0 Å². The van der Waals surface area contributed by atoms with Gasteiger partial charge in [0.25, 0.3) is 11.1 Å². The third-order valence-corrected chi connectivity index (χ3v) is 4.02. The smallest absolute Gasteiger partial charge is 0.289 e. The Morgan fingerprint density at radius 2 is 2.23 bits per heavy atom. The fourth-order valence-corrected chi connectivity index (χ4v) is 2.85. The highest BCUT2D eigenvalue weighted by molar-refractivity contribution is 8.14. The first-order chi connectivity index (χ1) is 10.5. The Kier molecular flexibility index (Phi) is 5.57. The fraction of sp³-hybridized carbons (Fsp3) is 0.400. The van der Waals surface area contributed by atoms with E-state index in [1.165, 1.54) is 4.90 Å². The van der Waals surface area contributed by atoms with E-state index in [9.17, 15) is 14.4 Å². The molecule has 7 heteroatoms. The van der Waals surface area contributed by atoms with Gasteiger partial charge >= 0.3 is 0 Å². The van der Waals surface area contributed by atoms with Crippen LogP contribution < -0.4 is 5.32 Å². The molecule has 0 unspecified atom stereocenters. The second kappa shape index (κ2) is 7.42. The minimum Gasteiger partial charge on any atom is -0.383 e. The average Bonchev–Trinajstić information content (AvgIpc) is 2.79. The lowest BCUT2D eigenvalue weighted by atomic mass is 10.1. The largest absolute Gasteiger partial charge is 0.383 e. The first-order valence-electron chi connectivity index (χ1n) is 6.87. The predicted octanol–water partition coefficient (Wildman–Crippen LogP) is 1.65. The number of hydrogen-bond donors (Lipinski definition) is 1. The summed E-state index contributed by atoms with van der Waals surface area (Å²) in [6, 6.07) is 6.82. The van der Waals surface area contributed by atoms with E-state index in [2.05, 4.69) is 5.32 Å². The van der Waals surface area contributed by atoms with Crippen molar-refractivity contribution < 1.29 is 19.1 Å². The third-order valence-electron chi connectivity index (χ3n) is 3.16. The number of nitrogens with one attached hydrogen (secondary N) is 1. The summed E-state index contributed by atoms with van der Waals surface area (Å²) in [6.07, 6.45) is 0. The fourth-order valence-electron chi connectivity index (χ4n) is 2.13. The zero-order valence-electron chi connectivity index (χ0n) is 12.5. The molecule has 1 N–H and O–H groups in total. The lowest BCUT2D eigenvalue weighted by molar-refractivity contribution is -0.125. The molecule has 1 aromatic carbocycles. The van der Waals surface area contributed by atoms with Gasteiger partial charge in [-0.1, -0.05) is 23.9 Å². The van der Waals surface area contributed by atoms with Gasteiger partial charge < -0.3 is 10.1 Å². The van der Waals surface area contributed by atoms with Crippen LogP contribution in [0.5, 0.6) is 0 Å². The average molecular weight is 322 g/mol. The van der Waals surface area contributed by atoms with Crippen LogP contribution in [0.15, 0.2) is 24.3 Å². The molecule has 6 nitrogen and oxygen atoms in total. The summed E-state index contributed by atoms with van der Waals surface area (Å²) in [4.78, 5) is 36.5. The Morgan fingerprint density at radius 3 is 2.86 bits per heavy atom. The van der Waals surface area contributed by atoms with Crippen molar-refractivity contribution in [3.8, 4) is 0 Å². The Bertz CT molecular complexity index is 575. The zero-order valence-corrected chi connectivity index (χ0v) is 13.3. The van der Waals surface area contributed by atoms with E-state index >= 15 is 0 Å². The molecule has 0 bridgehead atoms. The number of rotatable bonds is 6. The molecule has 22 heavy (non-hydrogen) atoms. The molecular weight excluding hydrogens is 304 g/mol. The summed E-state index contributed by atoms with van der Waals surface area (Å²) in [7, 11) is 1.57. The van der Waals surface area contributed by atoms with Crippen molar-refractivity contribution >= 4 is 28.8 Å². The molecule has 118 valence electrons. The van der Waals surface area contributed by atoms with E-state index < -0.39 is 0 Å². The van der Waals surface area contributed by atoms with Crippen LogP contribution in [0.25, 0.3) is 0 Å². The van der Waals surface area contributed by atoms with E-state index in [1.54, 1.807) is 31.4 Å². The standard InChI is InChI=1S/C15H18N2O4S/c1-10(8-21-2)16-14(19)12-5-3-4-11(6-12)7-17-13(18)9-22-15(17)20/h3-6,10H,7-9H2,1-2H3,(H,16,19)/t10-/m0/s1. The molecule has 0 spiro atoms. The maximum Gasteiger partial charge on any atom is 0.289 e. The normalized spacial score (nSPS) is 16.0. The Hall–Kier alpha value is -1.86. The first-order valence-corrected chi connectivity index (χ1v) is 7.85. The molecule has 1 atom stereocenters. The van der Waals surface area contributed by atoms with Crippen LogP contribution in [0.2, 0.25) is 0 Å². The van der Waals surface area contributed by atoms with Crippen LogP contribution in [0.3, 0.4) is 0 Å². The molecule has 3 amide bonds. The Balaban J connectivity index is 2.05. The number of benzene rings is 1. The predicted molar refractivity (Wildman–Crippen MR) is 83.7 cm³/mol. The number of carbonyl (C=O) groups is 3. The van der Waals surface area contributed by atoms with E-state index in [1.807, 2.05) is 6.92 Å². The van der Waals surface area contributed by atoms with Crippen molar-refractivity contribution in [1.29, 1.82) is 0 Å². The SMILES string of the molecule is COC[C@H](C)NC(=O)c1cccc(CN2C(=O)CSC2=O)c1. The number of carbonyl (C=O) groups excluding carboxylic acids is 3. The second-order valence-electron chi connectivity index (χ2n) is 5.06. The summed E-state index contributed by atoms with van der Waals surface area (Å²) in [5, 5.41) is 2.58. The van der Waals surface area contributed by atoms with Crippen molar-refractivity contribution in [2.45, 2.75) is 19.5 Å². The van der Waals surface area contributed by atoms with Crippen molar-refractivity contribution in [2.24, 2.45) is 0 Å². The minimum atomic E-state index is -0.242. The van der Waals surface area contributed by atoms with Gasteiger partial charge in [-0.3, -0.25) is 19.3 Å². The van der Waals surface area contributed by atoms with Crippen LogP contribution in [0.1, 0.15) is 22.8 Å². The van der Waals surface area contributed by atoms with E-state index in [0.29, 0.717) is 12.2 Å². The van der Waals surface area contributed by atoms with Crippen LogP contribution in [-0.2, 0) is 16.1 Å². The van der Waals surface area contributed by atoms with Gasteiger partial charge in [0.05, 0.1) is 18.9 Å². The Labute approximate surface area is 133 Å². The van der Waals surface area contributed by atoms with Gasteiger partial charge in [-0.15, -0.1) is 0 Å². The summed E-state index contributed by atoms with van der Waals surface area (Å²) in [5.41, 5.74) is 1.24. The van der Waals surface area contributed by atoms with Crippen molar-refractivity contribution in [1.82, 2.24) is 10.2 Å². The molecule has 2 rings (SSSR count). The molecule has 0 radical (unpaired) electrons. The number of ether oxygens (including phenoxy) is 1. The van der Waals surface area contributed by atoms with Crippen LogP contribution in [0.4, 0.5) is 4.79 Å². The summed E-state index contributed by atoms with van der Waals surface area (Å²) >= 11 is 1.00. The highest BCUT2D eigenvalue weighted by Gasteiger charge is 2.29. The molecule has 1 fully saturated rings. The quantitative estimate of drug-likeness (QED) is 0.862. The number of amides is 3. The molecule has 0 aromatic heterocycles. The van der Waals surface area contributed by atoms with Gasteiger partial charge in [-0.05, 0) is 24.6 Å².